The molecule has 0 unspecified atom stereocenters. The van der Waals surface area contributed by atoms with Crippen LogP contribution in [0.4, 0.5) is 0 Å². The number of thiazole rings is 2. The van der Waals surface area contributed by atoms with E-state index in [-0.39, 0.29) is 0 Å². The van der Waals surface area contributed by atoms with Crippen molar-refractivity contribution < 1.29 is 0 Å². The van der Waals surface area contributed by atoms with Crippen LogP contribution in [0.1, 0.15) is 11.1 Å². The van der Waals surface area contributed by atoms with Crippen LogP contribution in [0.5, 0.6) is 0 Å². The molecule has 0 aliphatic carbocycles. The first-order chi connectivity index (χ1) is 25.1. The van der Waals surface area contributed by atoms with Crippen molar-refractivity contribution in [2.45, 2.75) is 0 Å². The van der Waals surface area contributed by atoms with Gasteiger partial charge in [0, 0.05) is 27.6 Å². The quantitative estimate of drug-likeness (QED) is 0.185. The Labute approximate surface area is 300 Å². The van der Waals surface area contributed by atoms with E-state index < -0.39 is 0 Å². The van der Waals surface area contributed by atoms with E-state index in [0.717, 1.165) is 81.6 Å². The van der Waals surface area contributed by atoms with Crippen molar-refractivity contribution in [2.24, 2.45) is 0 Å². The van der Waals surface area contributed by atoms with Gasteiger partial charge in [0.25, 0.3) is 0 Å². The van der Waals surface area contributed by atoms with Crippen LogP contribution in [0.2, 0.25) is 0 Å². The van der Waals surface area contributed by atoms with E-state index in [1.807, 2.05) is 18.2 Å². The first kappa shape index (κ1) is 29.3. The summed E-state index contributed by atoms with van der Waals surface area (Å²) in [6.07, 6.45) is 0. The van der Waals surface area contributed by atoms with Crippen molar-refractivity contribution in [2.75, 3.05) is 0 Å². The number of para-hydroxylation sites is 2. The molecule has 3 aromatic heterocycles. The molecule has 0 radical (unpaired) electrons. The van der Waals surface area contributed by atoms with Crippen LogP contribution in [0.3, 0.4) is 0 Å². The van der Waals surface area contributed by atoms with Gasteiger partial charge in [-0.25, -0.2) is 9.97 Å². The molecule has 0 spiro atoms. The molecule has 51 heavy (non-hydrogen) atoms. The summed E-state index contributed by atoms with van der Waals surface area (Å²) in [7, 11) is 0. The number of hydrogen-bond donors (Lipinski definition) is 0. The maximum Gasteiger partial charge on any atom is 0.124 e. The normalized spacial score (nSPS) is 11.5. The molecule has 0 atom stereocenters. The monoisotopic (exact) mass is 685 g/mol. The van der Waals surface area contributed by atoms with Crippen LogP contribution in [-0.2, 0) is 0 Å². The van der Waals surface area contributed by atoms with Crippen molar-refractivity contribution in [3.63, 3.8) is 0 Å². The fourth-order valence-corrected chi connectivity index (χ4v) is 8.95. The highest BCUT2D eigenvalue weighted by Crippen LogP contribution is 2.40. The molecule has 5 nitrogen and oxygen atoms in total. The summed E-state index contributed by atoms with van der Waals surface area (Å²) in [4.78, 5) is 9.95. The molecule has 7 heteroatoms. The lowest BCUT2D eigenvalue weighted by Crippen LogP contribution is -1.94. The largest absolute Gasteiger partial charge is 0.309 e. The predicted molar refractivity (Wildman–Crippen MR) is 210 cm³/mol. The van der Waals surface area contributed by atoms with E-state index in [2.05, 4.69) is 126 Å². The lowest BCUT2D eigenvalue weighted by molar-refractivity contribution is 1.18. The standard InChI is InChI=1S/C44H23N5S2/c45-24-32-20-28-10-9-27(19-31(28)21-33(32)25-46)26-11-15-34(16-12-26)49-39-17-13-29(43-47-37-5-1-3-7-41(37)50-43)22-35(39)36-23-30(14-18-40(36)49)44-48-38-6-2-4-8-42(38)51-44/h1-23H. The number of hydrogen-bond acceptors (Lipinski definition) is 6. The van der Waals surface area contributed by atoms with Crippen molar-refractivity contribution in [1.82, 2.24) is 14.5 Å². The molecular formula is C44H23N5S2. The average Bonchev–Trinajstić information content (AvgIpc) is 3.91. The topological polar surface area (TPSA) is 78.3 Å². The van der Waals surface area contributed by atoms with E-state index in [4.69, 9.17) is 9.97 Å². The Bertz CT molecular complexity index is 2920. The molecule has 0 aliphatic rings. The second kappa shape index (κ2) is 11.5. The third-order valence-electron chi connectivity index (χ3n) is 9.52. The van der Waals surface area contributed by atoms with E-state index in [1.54, 1.807) is 34.8 Å². The molecule has 236 valence electrons. The van der Waals surface area contributed by atoms with Crippen LogP contribution in [0, 0.1) is 22.7 Å². The molecule has 0 N–H and O–H groups in total. The zero-order chi connectivity index (χ0) is 34.1. The summed E-state index contributed by atoms with van der Waals surface area (Å²) in [5, 5.41) is 25.2. The Kier molecular flexibility index (Phi) is 6.59. The summed E-state index contributed by atoms with van der Waals surface area (Å²) in [6.45, 7) is 0. The summed E-state index contributed by atoms with van der Waals surface area (Å²) in [5.41, 5.74) is 10.4. The lowest BCUT2D eigenvalue weighted by Gasteiger charge is -2.10. The highest BCUT2D eigenvalue weighted by atomic mass is 32.1. The molecule has 7 aromatic carbocycles. The van der Waals surface area contributed by atoms with E-state index >= 15 is 0 Å². The van der Waals surface area contributed by atoms with Crippen molar-refractivity contribution >= 4 is 75.7 Å². The second-order valence-electron chi connectivity index (χ2n) is 12.5. The van der Waals surface area contributed by atoms with Crippen molar-refractivity contribution in [3.8, 4) is 50.1 Å². The highest BCUT2D eigenvalue weighted by Gasteiger charge is 2.17. The van der Waals surface area contributed by atoms with Crippen LogP contribution in [0.25, 0.3) is 91.0 Å². The lowest BCUT2D eigenvalue weighted by atomic mass is 9.97. The van der Waals surface area contributed by atoms with Crippen LogP contribution < -0.4 is 0 Å². The van der Waals surface area contributed by atoms with Gasteiger partial charge in [0.1, 0.15) is 22.2 Å². The number of aromatic nitrogens is 3. The number of benzene rings is 7. The molecule has 0 bridgehead atoms. The number of nitrogens with zero attached hydrogens (tertiary/aromatic N) is 5. The molecule has 0 saturated heterocycles. The first-order valence-electron chi connectivity index (χ1n) is 16.4. The van der Waals surface area contributed by atoms with Crippen LogP contribution >= 0.6 is 22.7 Å². The predicted octanol–water partition coefficient (Wildman–Crippen LogP) is 11.9. The third-order valence-corrected chi connectivity index (χ3v) is 11.7. The molecule has 10 aromatic rings. The smallest absolute Gasteiger partial charge is 0.124 e. The zero-order valence-electron chi connectivity index (χ0n) is 26.8. The molecule has 0 fully saturated rings. The molecular weight excluding hydrogens is 663 g/mol. The zero-order valence-corrected chi connectivity index (χ0v) is 28.5. The van der Waals surface area contributed by atoms with Gasteiger partial charge in [-0.2, -0.15) is 10.5 Å². The van der Waals surface area contributed by atoms with Gasteiger partial charge in [-0.1, -0.05) is 48.5 Å². The van der Waals surface area contributed by atoms with Gasteiger partial charge < -0.3 is 4.57 Å². The van der Waals surface area contributed by atoms with Gasteiger partial charge >= 0.3 is 0 Å². The summed E-state index contributed by atoms with van der Waals surface area (Å²) in [5.74, 6) is 0. The SMILES string of the molecule is N#Cc1cc2ccc(-c3ccc(-n4c5ccc(-c6nc7ccccc7s6)cc5c5cc(-c6nc7ccccc7s6)ccc54)cc3)cc2cc1C#N. The summed E-state index contributed by atoms with van der Waals surface area (Å²) in [6, 6.07) is 52.6. The minimum Gasteiger partial charge on any atom is -0.309 e. The molecule has 0 saturated carbocycles. The first-order valence-corrected chi connectivity index (χ1v) is 18.1. The van der Waals surface area contributed by atoms with Gasteiger partial charge in [-0.3, -0.25) is 0 Å². The van der Waals surface area contributed by atoms with Crippen molar-refractivity contribution in [3.05, 3.63) is 151 Å². The molecule has 0 aliphatic heterocycles. The highest BCUT2D eigenvalue weighted by molar-refractivity contribution is 7.22. The Balaban J connectivity index is 1.12. The van der Waals surface area contributed by atoms with Gasteiger partial charge in [-0.05, 0) is 113 Å². The maximum atomic E-state index is 9.56. The Hall–Kier alpha value is -6.64. The molecule has 0 amide bonds. The number of nitriles is 2. The van der Waals surface area contributed by atoms with Gasteiger partial charge in [0.05, 0.1) is 42.6 Å². The summed E-state index contributed by atoms with van der Waals surface area (Å²) >= 11 is 3.43. The minimum atomic E-state index is 0.390. The Morgan fingerprint density at radius 2 is 0.980 bits per heavy atom. The summed E-state index contributed by atoms with van der Waals surface area (Å²) < 4.78 is 4.69. The second-order valence-corrected chi connectivity index (χ2v) is 14.6. The Morgan fingerprint density at radius 3 is 1.53 bits per heavy atom. The van der Waals surface area contributed by atoms with Gasteiger partial charge in [-0.15, -0.1) is 22.7 Å². The fraction of sp³-hybridized carbons (Fsp3) is 0. The third kappa shape index (κ3) is 4.80. The Morgan fingerprint density at radius 1 is 0.471 bits per heavy atom. The maximum absolute atomic E-state index is 9.56. The van der Waals surface area contributed by atoms with Crippen LogP contribution in [-0.4, -0.2) is 14.5 Å². The van der Waals surface area contributed by atoms with E-state index in [9.17, 15) is 10.5 Å². The number of fused-ring (bicyclic) bond motifs is 6. The fourth-order valence-electron chi connectivity index (χ4n) is 7.02. The van der Waals surface area contributed by atoms with Gasteiger partial charge in [0.15, 0.2) is 0 Å². The number of rotatable bonds is 4. The van der Waals surface area contributed by atoms with E-state index in [0.29, 0.717) is 11.1 Å². The van der Waals surface area contributed by atoms with E-state index in [1.165, 1.54) is 9.40 Å². The minimum absolute atomic E-state index is 0.390. The van der Waals surface area contributed by atoms with Crippen molar-refractivity contribution in [1.29, 1.82) is 10.5 Å². The average molecular weight is 686 g/mol. The molecule has 3 heterocycles. The molecule has 10 rings (SSSR count). The van der Waals surface area contributed by atoms with Crippen LogP contribution in [0.15, 0.2) is 140 Å². The van der Waals surface area contributed by atoms with Gasteiger partial charge in [0.2, 0.25) is 0 Å².